The first kappa shape index (κ1) is 12.3. The van der Waals surface area contributed by atoms with Gasteiger partial charge in [-0.05, 0) is 12.2 Å². The fourth-order valence-corrected chi connectivity index (χ4v) is 0.397. The van der Waals surface area contributed by atoms with Crippen LogP contribution in [0.15, 0.2) is 25.3 Å². The van der Waals surface area contributed by atoms with Gasteiger partial charge in [0, 0.05) is 0 Å². The number of esters is 2. The summed E-state index contributed by atoms with van der Waals surface area (Å²) in [7, 11) is 0. The molecule has 0 aliphatic heterocycles. The fraction of sp³-hybridized carbons (Fsp3) is 0.250. The van der Waals surface area contributed by atoms with Crippen LogP contribution in [0.4, 0.5) is 8.78 Å². The van der Waals surface area contributed by atoms with Gasteiger partial charge in [0.1, 0.15) is 0 Å². The van der Waals surface area contributed by atoms with E-state index in [1.807, 2.05) is 0 Å². The summed E-state index contributed by atoms with van der Waals surface area (Å²) in [6.45, 7) is 5.91. The lowest BCUT2D eigenvalue weighted by molar-refractivity contribution is -0.179. The number of carbonyl (C=O) groups is 2. The van der Waals surface area contributed by atoms with Crippen LogP contribution in [0.1, 0.15) is 0 Å². The Morgan fingerprint density at radius 3 is 1.50 bits per heavy atom. The van der Waals surface area contributed by atoms with E-state index in [1.54, 1.807) is 0 Å². The minimum absolute atomic E-state index is 0.644. The van der Waals surface area contributed by atoms with Gasteiger partial charge in [0.15, 0.2) is 0 Å². The second kappa shape index (κ2) is 5.85. The smallest absolute Gasteiger partial charge is 0.419 e. The number of halogens is 2. The van der Waals surface area contributed by atoms with Crippen LogP contribution in [0.25, 0.3) is 0 Å². The van der Waals surface area contributed by atoms with Crippen LogP contribution in [-0.4, -0.2) is 24.7 Å². The highest BCUT2D eigenvalue weighted by atomic mass is 19.1. The average molecular weight is 206 g/mol. The molecule has 0 saturated heterocycles. The highest BCUT2D eigenvalue weighted by Gasteiger charge is 2.22. The molecule has 2 unspecified atom stereocenters. The third-order valence-electron chi connectivity index (χ3n) is 0.977. The first-order valence-electron chi connectivity index (χ1n) is 3.46. The number of hydrogen-bond acceptors (Lipinski definition) is 4. The molecular weight excluding hydrogens is 198 g/mol. The lowest BCUT2D eigenvalue weighted by atomic mass is 10.6. The van der Waals surface area contributed by atoms with Crippen LogP contribution in [0.3, 0.4) is 0 Å². The Morgan fingerprint density at radius 2 is 1.29 bits per heavy atom. The Balaban J connectivity index is 4.06. The molecule has 0 heterocycles. The third-order valence-corrected chi connectivity index (χ3v) is 0.977. The zero-order chi connectivity index (χ0) is 11.1. The van der Waals surface area contributed by atoms with E-state index in [9.17, 15) is 18.4 Å². The predicted octanol–water partition coefficient (Wildman–Crippen LogP) is 1.04. The Labute approximate surface area is 78.8 Å². The monoisotopic (exact) mass is 206 g/mol. The molecule has 0 aliphatic carbocycles. The minimum atomic E-state index is -2.13. The summed E-state index contributed by atoms with van der Waals surface area (Å²) in [5, 5.41) is 0. The third kappa shape index (κ3) is 4.34. The van der Waals surface area contributed by atoms with Crippen molar-refractivity contribution in [3.05, 3.63) is 25.3 Å². The van der Waals surface area contributed by atoms with Gasteiger partial charge in [-0.15, -0.1) is 0 Å². The zero-order valence-electron chi connectivity index (χ0n) is 7.11. The summed E-state index contributed by atoms with van der Waals surface area (Å²) < 4.78 is 32.2. The summed E-state index contributed by atoms with van der Waals surface area (Å²) in [6, 6.07) is 0. The number of carbonyl (C=O) groups excluding carboxylic acids is 2. The number of hydrogen-bond donors (Lipinski definition) is 0. The molecule has 0 N–H and O–H groups in total. The van der Waals surface area contributed by atoms with Gasteiger partial charge in [0.05, 0.1) is 0 Å². The molecule has 0 aliphatic rings. The van der Waals surface area contributed by atoms with Crippen molar-refractivity contribution in [1.82, 2.24) is 0 Å². The van der Waals surface area contributed by atoms with Gasteiger partial charge in [-0.2, -0.15) is 8.78 Å². The van der Waals surface area contributed by atoms with E-state index in [0.29, 0.717) is 12.2 Å². The van der Waals surface area contributed by atoms with Crippen molar-refractivity contribution in [2.75, 3.05) is 0 Å². The largest absolute Gasteiger partial charge is 0.420 e. The van der Waals surface area contributed by atoms with Crippen LogP contribution < -0.4 is 0 Å². The maximum atomic E-state index is 12.3. The highest BCUT2D eigenvalue weighted by molar-refractivity contribution is 6.29. The van der Waals surface area contributed by atoms with Crippen molar-refractivity contribution < 1.29 is 27.8 Å². The molecule has 0 aromatic rings. The van der Waals surface area contributed by atoms with E-state index >= 15 is 0 Å². The van der Waals surface area contributed by atoms with Crippen LogP contribution >= 0.6 is 0 Å². The first-order valence-corrected chi connectivity index (χ1v) is 3.46. The van der Waals surface area contributed by atoms with Gasteiger partial charge in [0.2, 0.25) is 0 Å². The summed E-state index contributed by atoms with van der Waals surface area (Å²) in [4.78, 5) is 21.2. The fourth-order valence-electron chi connectivity index (χ4n) is 0.397. The minimum Gasteiger partial charge on any atom is -0.419 e. The normalized spacial score (nSPS) is 13.6. The van der Waals surface area contributed by atoms with Gasteiger partial charge in [-0.1, -0.05) is 13.2 Å². The standard InChI is InChI=1S/C8H8F2O4/c1-3-5(9)13-7(11)8(12)14-6(10)4-2/h3-6H,1-2H2. The molecule has 0 amide bonds. The summed E-state index contributed by atoms with van der Waals surface area (Å²) in [5.74, 6) is -3.27. The predicted molar refractivity (Wildman–Crippen MR) is 42.4 cm³/mol. The molecule has 0 radical (unpaired) electrons. The first-order chi connectivity index (χ1) is 6.51. The van der Waals surface area contributed by atoms with E-state index in [2.05, 4.69) is 22.6 Å². The van der Waals surface area contributed by atoms with Crippen LogP contribution in [-0.2, 0) is 19.1 Å². The maximum absolute atomic E-state index is 12.3. The molecule has 0 bridgehead atoms. The Hall–Kier alpha value is -1.72. The Kier molecular flexibility index (Phi) is 5.13. The molecule has 0 spiro atoms. The molecular formula is C8H8F2O4. The molecule has 2 atom stereocenters. The molecule has 0 aromatic carbocycles. The zero-order valence-corrected chi connectivity index (χ0v) is 7.11. The summed E-state index contributed by atoms with van der Waals surface area (Å²) >= 11 is 0. The van der Waals surface area contributed by atoms with Crippen molar-refractivity contribution >= 4 is 11.9 Å². The van der Waals surface area contributed by atoms with E-state index in [-0.39, 0.29) is 0 Å². The summed E-state index contributed by atoms with van der Waals surface area (Å²) in [6.07, 6.45) is -2.97. The average Bonchev–Trinajstić information content (AvgIpc) is 2.17. The van der Waals surface area contributed by atoms with Crippen molar-refractivity contribution in [1.29, 1.82) is 0 Å². The van der Waals surface area contributed by atoms with Crippen molar-refractivity contribution in [2.24, 2.45) is 0 Å². The van der Waals surface area contributed by atoms with E-state index in [4.69, 9.17) is 0 Å². The SMILES string of the molecule is C=CC(F)OC(=O)C(=O)OC(F)C=C. The Bertz CT molecular complexity index is 226. The molecule has 4 nitrogen and oxygen atoms in total. The van der Waals surface area contributed by atoms with Gasteiger partial charge in [-0.25, -0.2) is 9.59 Å². The van der Waals surface area contributed by atoms with Crippen LogP contribution in [0, 0.1) is 0 Å². The van der Waals surface area contributed by atoms with E-state index in [1.165, 1.54) is 0 Å². The van der Waals surface area contributed by atoms with E-state index < -0.39 is 24.7 Å². The molecule has 0 saturated carbocycles. The number of alkyl halides is 2. The topological polar surface area (TPSA) is 52.6 Å². The van der Waals surface area contributed by atoms with Gasteiger partial charge in [-0.3, -0.25) is 0 Å². The molecule has 0 rings (SSSR count). The molecule has 14 heavy (non-hydrogen) atoms. The van der Waals surface area contributed by atoms with Gasteiger partial charge >= 0.3 is 11.9 Å². The van der Waals surface area contributed by atoms with E-state index in [0.717, 1.165) is 0 Å². The van der Waals surface area contributed by atoms with Gasteiger partial charge < -0.3 is 9.47 Å². The Morgan fingerprint density at radius 1 is 1.00 bits per heavy atom. The van der Waals surface area contributed by atoms with Crippen LogP contribution in [0.5, 0.6) is 0 Å². The van der Waals surface area contributed by atoms with Crippen molar-refractivity contribution in [3.63, 3.8) is 0 Å². The van der Waals surface area contributed by atoms with Crippen molar-refractivity contribution in [3.8, 4) is 0 Å². The molecule has 0 aromatic heterocycles. The maximum Gasteiger partial charge on any atom is 0.420 e. The lowest BCUT2D eigenvalue weighted by Crippen LogP contribution is -2.25. The summed E-state index contributed by atoms with van der Waals surface area (Å²) in [5.41, 5.74) is 0. The second-order valence-electron chi connectivity index (χ2n) is 1.98. The van der Waals surface area contributed by atoms with Crippen LogP contribution in [0.2, 0.25) is 0 Å². The quantitative estimate of drug-likeness (QED) is 0.391. The molecule has 0 fully saturated rings. The van der Waals surface area contributed by atoms with Gasteiger partial charge in [0.25, 0.3) is 12.7 Å². The highest BCUT2D eigenvalue weighted by Crippen LogP contribution is 2.00. The van der Waals surface area contributed by atoms with Crippen molar-refractivity contribution in [2.45, 2.75) is 12.7 Å². The second-order valence-corrected chi connectivity index (χ2v) is 1.98. The lowest BCUT2D eigenvalue weighted by Gasteiger charge is -2.06. The molecule has 78 valence electrons. The number of ether oxygens (including phenoxy) is 2. The number of rotatable bonds is 4. The molecule has 6 heteroatoms.